The van der Waals surface area contributed by atoms with Crippen LogP contribution in [-0.4, -0.2) is 17.1 Å². The molecule has 0 aliphatic rings. The minimum Gasteiger partial charge on any atom is -0.480 e. The Hall–Kier alpha value is -1.77. The van der Waals surface area contributed by atoms with E-state index >= 15 is 0 Å². The van der Waals surface area contributed by atoms with Gasteiger partial charge in [-0.05, 0) is 29.7 Å². The summed E-state index contributed by atoms with van der Waals surface area (Å²) in [5, 5.41) is 11.4. The van der Waals surface area contributed by atoms with Crippen LogP contribution in [0.25, 0.3) is 0 Å². The SMILES string of the molecule is CC(C)[C@@H](NCc1cc(C(F)(F)F)cc(C(F)(F)F)c1)C(=O)O. The highest BCUT2D eigenvalue weighted by Gasteiger charge is 2.37. The molecule has 1 aromatic rings. The average molecular weight is 343 g/mol. The van der Waals surface area contributed by atoms with Crippen LogP contribution in [0.3, 0.4) is 0 Å². The van der Waals surface area contributed by atoms with Crippen LogP contribution < -0.4 is 5.32 Å². The number of carboxylic acids is 1. The number of carboxylic acid groups (broad SMARTS) is 1. The molecule has 2 N–H and O–H groups in total. The first-order chi connectivity index (χ1) is 10.3. The molecule has 0 saturated carbocycles. The Labute approximate surface area is 128 Å². The van der Waals surface area contributed by atoms with Crippen molar-refractivity contribution >= 4 is 5.97 Å². The Bertz CT molecular complexity index is 533. The van der Waals surface area contributed by atoms with E-state index in [-0.39, 0.29) is 17.5 Å². The number of rotatable bonds is 5. The molecule has 3 nitrogen and oxygen atoms in total. The monoisotopic (exact) mass is 343 g/mol. The zero-order valence-corrected chi connectivity index (χ0v) is 12.2. The molecule has 0 spiro atoms. The van der Waals surface area contributed by atoms with Gasteiger partial charge in [-0.2, -0.15) is 26.3 Å². The minimum absolute atomic E-state index is 0.0284. The first-order valence-corrected chi connectivity index (χ1v) is 6.57. The summed E-state index contributed by atoms with van der Waals surface area (Å²) in [6.07, 6.45) is -9.86. The maximum absolute atomic E-state index is 12.7. The van der Waals surface area contributed by atoms with Gasteiger partial charge in [0.15, 0.2) is 0 Å². The Kier molecular flexibility index (Phi) is 5.68. The second kappa shape index (κ2) is 6.77. The van der Waals surface area contributed by atoms with E-state index in [4.69, 9.17) is 5.11 Å². The standard InChI is InChI=1S/C14H15F6NO2/c1-7(2)11(12(22)23)21-6-8-3-9(13(15,16)17)5-10(4-8)14(18,19)20/h3-5,7,11,21H,6H2,1-2H3,(H,22,23)/t11-/m1/s1. The highest BCUT2D eigenvalue weighted by atomic mass is 19.4. The van der Waals surface area contributed by atoms with Crippen LogP contribution in [0.15, 0.2) is 18.2 Å². The fourth-order valence-electron chi connectivity index (χ4n) is 1.96. The summed E-state index contributed by atoms with van der Waals surface area (Å²) in [5.74, 6) is -1.62. The van der Waals surface area contributed by atoms with E-state index in [1.54, 1.807) is 13.8 Å². The summed E-state index contributed by atoms with van der Waals surface area (Å²) < 4.78 is 76.3. The third-order valence-electron chi connectivity index (χ3n) is 3.11. The second-order valence-electron chi connectivity index (χ2n) is 5.35. The molecule has 0 saturated heterocycles. The molecule has 23 heavy (non-hydrogen) atoms. The number of benzene rings is 1. The van der Waals surface area contributed by atoms with E-state index in [2.05, 4.69) is 5.32 Å². The van der Waals surface area contributed by atoms with E-state index in [9.17, 15) is 31.1 Å². The molecule has 1 atom stereocenters. The Morgan fingerprint density at radius 2 is 1.48 bits per heavy atom. The molecule has 1 rings (SSSR count). The summed E-state index contributed by atoms with van der Waals surface area (Å²) in [7, 11) is 0. The smallest absolute Gasteiger partial charge is 0.416 e. The van der Waals surface area contributed by atoms with Crippen LogP contribution in [0.4, 0.5) is 26.3 Å². The predicted molar refractivity (Wildman–Crippen MR) is 69.5 cm³/mol. The van der Waals surface area contributed by atoms with Gasteiger partial charge >= 0.3 is 18.3 Å². The average Bonchev–Trinajstić information content (AvgIpc) is 2.35. The number of aliphatic carboxylic acids is 1. The van der Waals surface area contributed by atoms with Crippen molar-refractivity contribution in [1.82, 2.24) is 5.32 Å². The van der Waals surface area contributed by atoms with Gasteiger partial charge in [0, 0.05) is 6.54 Å². The zero-order chi connectivity index (χ0) is 18.0. The maximum atomic E-state index is 12.7. The maximum Gasteiger partial charge on any atom is 0.416 e. The Morgan fingerprint density at radius 3 is 1.78 bits per heavy atom. The van der Waals surface area contributed by atoms with Crippen molar-refractivity contribution in [3.05, 3.63) is 34.9 Å². The molecule has 0 aliphatic carbocycles. The molecule has 0 amide bonds. The van der Waals surface area contributed by atoms with Gasteiger partial charge in [0.25, 0.3) is 0 Å². The van der Waals surface area contributed by atoms with Crippen LogP contribution in [0.5, 0.6) is 0 Å². The summed E-state index contributed by atoms with van der Waals surface area (Å²) in [5.41, 5.74) is -3.15. The van der Waals surface area contributed by atoms with Crippen LogP contribution >= 0.6 is 0 Å². The molecule has 0 fully saturated rings. The van der Waals surface area contributed by atoms with Crippen molar-refractivity contribution < 1.29 is 36.2 Å². The van der Waals surface area contributed by atoms with Crippen molar-refractivity contribution in [3.8, 4) is 0 Å². The van der Waals surface area contributed by atoms with Crippen molar-refractivity contribution in [3.63, 3.8) is 0 Å². The molecule has 0 unspecified atom stereocenters. The topological polar surface area (TPSA) is 49.3 Å². The fourth-order valence-corrected chi connectivity index (χ4v) is 1.96. The first kappa shape index (κ1) is 19.3. The van der Waals surface area contributed by atoms with Gasteiger partial charge in [0.05, 0.1) is 11.1 Å². The normalized spacial score (nSPS) is 14.1. The lowest BCUT2D eigenvalue weighted by molar-refractivity contribution is -0.144. The Morgan fingerprint density at radius 1 is 1.04 bits per heavy atom. The van der Waals surface area contributed by atoms with E-state index in [0.29, 0.717) is 12.1 Å². The fraction of sp³-hybridized carbons (Fsp3) is 0.500. The van der Waals surface area contributed by atoms with Crippen molar-refractivity contribution in [2.45, 2.75) is 38.8 Å². The van der Waals surface area contributed by atoms with Gasteiger partial charge in [-0.3, -0.25) is 4.79 Å². The number of halogens is 6. The van der Waals surface area contributed by atoms with E-state index in [1.165, 1.54) is 0 Å². The van der Waals surface area contributed by atoms with Crippen molar-refractivity contribution in [2.24, 2.45) is 5.92 Å². The van der Waals surface area contributed by atoms with Crippen LogP contribution in [0.1, 0.15) is 30.5 Å². The van der Waals surface area contributed by atoms with E-state index < -0.39 is 42.0 Å². The highest BCUT2D eigenvalue weighted by molar-refractivity contribution is 5.73. The number of nitrogens with one attached hydrogen (secondary N) is 1. The van der Waals surface area contributed by atoms with Crippen LogP contribution in [-0.2, 0) is 23.7 Å². The van der Waals surface area contributed by atoms with E-state index in [1.807, 2.05) is 0 Å². The van der Waals surface area contributed by atoms with Gasteiger partial charge in [-0.1, -0.05) is 13.8 Å². The predicted octanol–water partition coefficient (Wildman–Crippen LogP) is 3.92. The van der Waals surface area contributed by atoms with Gasteiger partial charge < -0.3 is 10.4 Å². The molecule has 0 bridgehead atoms. The minimum atomic E-state index is -4.93. The Balaban J connectivity index is 3.13. The number of hydrogen-bond donors (Lipinski definition) is 2. The number of alkyl halides is 6. The highest BCUT2D eigenvalue weighted by Crippen LogP contribution is 2.36. The van der Waals surface area contributed by atoms with E-state index in [0.717, 1.165) is 0 Å². The molecule has 0 aliphatic heterocycles. The molecule has 130 valence electrons. The third-order valence-corrected chi connectivity index (χ3v) is 3.11. The summed E-state index contributed by atoms with van der Waals surface area (Å²) in [4.78, 5) is 11.0. The van der Waals surface area contributed by atoms with Gasteiger partial charge in [0.2, 0.25) is 0 Å². The lowest BCUT2D eigenvalue weighted by Crippen LogP contribution is -2.40. The van der Waals surface area contributed by atoms with Gasteiger partial charge in [-0.25, -0.2) is 0 Å². The summed E-state index contributed by atoms with van der Waals surface area (Å²) in [6, 6.07) is 0.0858. The lowest BCUT2D eigenvalue weighted by atomic mass is 10.0. The van der Waals surface area contributed by atoms with Crippen LogP contribution in [0, 0.1) is 5.92 Å². The van der Waals surface area contributed by atoms with Gasteiger partial charge in [-0.15, -0.1) is 0 Å². The quantitative estimate of drug-likeness (QED) is 0.797. The lowest BCUT2D eigenvalue weighted by Gasteiger charge is -2.19. The molecular formula is C14H15F6NO2. The van der Waals surface area contributed by atoms with Gasteiger partial charge in [0.1, 0.15) is 6.04 Å². The molecular weight excluding hydrogens is 328 g/mol. The molecule has 0 radical (unpaired) electrons. The third kappa shape index (κ3) is 5.42. The number of carbonyl (C=O) groups is 1. The zero-order valence-electron chi connectivity index (χ0n) is 12.2. The molecule has 9 heteroatoms. The largest absolute Gasteiger partial charge is 0.480 e. The molecule has 0 aromatic heterocycles. The summed E-state index contributed by atoms with van der Waals surface area (Å²) in [6.45, 7) is 2.71. The molecule has 1 aromatic carbocycles. The number of hydrogen-bond acceptors (Lipinski definition) is 2. The second-order valence-corrected chi connectivity index (χ2v) is 5.35. The van der Waals surface area contributed by atoms with Crippen LogP contribution in [0.2, 0.25) is 0 Å². The molecule has 0 heterocycles. The summed E-state index contributed by atoms with van der Waals surface area (Å²) >= 11 is 0. The van der Waals surface area contributed by atoms with Crippen molar-refractivity contribution in [1.29, 1.82) is 0 Å². The van der Waals surface area contributed by atoms with Crippen molar-refractivity contribution in [2.75, 3.05) is 0 Å². The first-order valence-electron chi connectivity index (χ1n) is 6.57.